The molecule has 0 fully saturated rings. The van der Waals surface area contributed by atoms with Crippen molar-refractivity contribution >= 4 is 22.3 Å². The van der Waals surface area contributed by atoms with Gasteiger partial charge in [0, 0.05) is 72.7 Å². The van der Waals surface area contributed by atoms with Crippen molar-refractivity contribution in [2.45, 2.75) is 52.6 Å². The highest BCUT2D eigenvalue weighted by molar-refractivity contribution is 5.70. The zero-order valence-corrected chi connectivity index (χ0v) is 25.5. The maximum Gasteiger partial charge on any atom is 0.332 e. The largest absolute Gasteiger partial charge is 0.361 e. The summed E-state index contributed by atoms with van der Waals surface area (Å²) in [5.41, 5.74) is 1.76. The van der Waals surface area contributed by atoms with Gasteiger partial charge in [-0.3, -0.25) is 27.9 Å². The second kappa shape index (κ2) is 12.1. The van der Waals surface area contributed by atoms with E-state index in [1.807, 2.05) is 26.0 Å². The van der Waals surface area contributed by atoms with E-state index in [1.165, 1.54) is 30.9 Å². The van der Waals surface area contributed by atoms with Crippen LogP contribution in [0, 0.1) is 0 Å². The summed E-state index contributed by atoms with van der Waals surface area (Å²) in [4.78, 5) is 57.9. The first-order valence-corrected chi connectivity index (χ1v) is 14.2. The number of aryl methyl sites for hydroxylation is 8. The van der Waals surface area contributed by atoms with Crippen molar-refractivity contribution in [3.05, 3.63) is 89.4 Å². The van der Waals surface area contributed by atoms with Gasteiger partial charge >= 0.3 is 11.4 Å². The monoisotopic (exact) mass is 606 g/mol. The molecule has 0 amide bonds. The summed E-state index contributed by atoms with van der Waals surface area (Å²) in [6, 6.07) is 3.69. The summed E-state index contributed by atoms with van der Waals surface area (Å²) in [6.45, 7) is 4.45. The van der Waals surface area contributed by atoms with Crippen LogP contribution in [-0.2, 0) is 67.0 Å². The van der Waals surface area contributed by atoms with E-state index in [0.29, 0.717) is 40.9 Å². The smallest absolute Gasteiger partial charge is 0.332 e. The fourth-order valence-corrected chi connectivity index (χ4v) is 4.92. The molecule has 0 aromatic carbocycles. The fourth-order valence-electron chi connectivity index (χ4n) is 4.92. The summed E-state index contributed by atoms with van der Waals surface area (Å²) in [5, 5.41) is 7.84. The van der Waals surface area contributed by atoms with Gasteiger partial charge in [0.1, 0.15) is 11.5 Å². The molecule has 6 aromatic heterocycles. The van der Waals surface area contributed by atoms with Crippen molar-refractivity contribution in [2.75, 3.05) is 0 Å². The normalized spacial score (nSPS) is 11.4. The molecule has 0 radical (unpaired) electrons. The lowest BCUT2D eigenvalue weighted by Crippen LogP contribution is -2.40. The zero-order valence-electron chi connectivity index (χ0n) is 25.5. The minimum Gasteiger partial charge on any atom is -0.361 e. The molecule has 0 aliphatic carbocycles. The Hall–Kier alpha value is -5.28. The zero-order chi connectivity index (χ0) is 31.7. The van der Waals surface area contributed by atoms with Crippen LogP contribution < -0.4 is 22.5 Å². The Balaban J connectivity index is 0.000000175. The maximum absolute atomic E-state index is 12.5. The molecule has 44 heavy (non-hydrogen) atoms. The Labute approximate surface area is 249 Å². The van der Waals surface area contributed by atoms with E-state index in [-0.39, 0.29) is 35.6 Å². The lowest BCUT2D eigenvalue weighted by atomic mass is 10.2. The van der Waals surface area contributed by atoms with Gasteiger partial charge in [0.15, 0.2) is 22.3 Å². The highest BCUT2D eigenvalue weighted by Crippen LogP contribution is 2.08. The summed E-state index contributed by atoms with van der Waals surface area (Å²) >= 11 is 0. The van der Waals surface area contributed by atoms with Crippen molar-refractivity contribution in [3.8, 4) is 0 Å². The number of imidazole rings is 2. The van der Waals surface area contributed by atoms with Crippen LogP contribution in [0.15, 0.2) is 53.0 Å². The van der Waals surface area contributed by atoms with Crippen LogP contribution in [0.3, 0.4) is 0 Å². The highest BCUT2D eigenvalue weighted by Gasteiger charge is 2.17. The second-order valence-corrected chi connectivity index (χ2v) is 10.4. The van der Waals surface area contributed by atoms with Crippen molar-refractivity contribution in [3.63, 3.8) is 0 Å². The van der Waals surface area contributed by atoms with Gasteiger partial charge in [-0.15, -0.1) is 0 Å². The van der Waals surface area contributed by atoms with Gasteiger partial charge in [-0.05, 0) is 6.42 Å². The average molecular weight is 607 g/mol. The third kappa shape index (κ3) is 5.45. The average Bonchev–Trinajstić information content (AvgIpc) is 3.82. The Kier molecular flexibility index (Phi) is 8.33. The Bertz CT molecular complexity index is 2040. The SMILES string of the molecule is CCc1cc(CCn2c(=O)c3c(ncn3C)n(C)c2=O)no1.CCc1cc(CCn2c(=O)c3c(ncn3C)n(C)c2=O)on1. The lowest BCUT2D eigenvalue weighted by molar-refractivity contribution is 0.370. The highest BCUT2D eigenvalue weighted by atomic mass is 16.5. The van der Waals surface area contributed by atoms with Gasteiger partial charge in [-0.1, -0.05) is 24.2 Å². The van der Waals surface area contributed by atoms with Crippen molar-refractivity contribution < 1.29 is 9.05 Å². The summed E-state index contributed by atoms with van der Waals surface area (Å²) < 4.78 is 18.8. The van der Waals surface area contributed by atoms with E-state index >= 15 is 0 Å². The molecule has 0 aliphatic heterocycles. The Morgan fingerprint density at radius 1 is 0.636 bits per heavy atom. The first kappa shape index (κ1) is 30.2. The topological polar surface area (TPSA) is 176 Å². The van der Waals surface area contributed by atoms with Crippen LogP contribution in [-0.4, -0.2) is 47.7 Å². The van der Waals surface area contributed by atoms with E-state index in [4.69, 9.17) is 9.05 Å². The number of hydrogen-bond acceptors (Lipinski definition) is 10. The van der Waals surface area contributed by atoms with Crippen molar-refractivity contribution in [1.29, 1.82) is 0 Å². The van der Waals surface area contributed by atoms with Crippen LogP contribution in [0.4, 0.5) is 0 Å². The van der Waals surface area contributed by atoms with Gasteiger partial charge in [0.25, 0.3) is 11.1 Å². The van der Waals surface area contributed by atoms with Gasteiger partial charge in [0.2, 0.25) is 0 Å². The number of hydrogen-bond donors (Lipinski definition) is 0. The summed E-state index contributed by atoms with van der Waals surface area (Å²) in [6.07, 6.45) is 5.50. The Morgan fingerprint density at radius 2 is 1.11 bits per heavy atom. The van der Waals surface area contributed by atoms with Crippen LogP contribution in [0.5, 0.6) is 0 Å². The molecule has 0 spiro atoms. The molecule has 6 rings (SSSR count). The third-order valence-corrected chi connectivity index (χ3v) is 7.50. The first-order valence-electron chi connectivity index (χ1n) is 14.2. The minimum atomic E-state index is -0.383. The Morgan fingerprint density at radius 3 is 1.59 bits per heavy atom. The summed E-state index contributed by atoms with van der Waals surface area (Å²) in [7, 11) is 6.68. The van der Waals surface area contributed by atoms with Crippen molar-refractivity contribution in [2.24, 2.45) is 28.2 Å². The lowest BCUT2D eigenvalue weighted by Gasteiger charge is -2.07. The van der Waals surface area contributed by atoms with Crippen LogP contribution >= 0.6 is 0 Å². The van der Waals surface area contributed by atoms with E-state index < -0.39 is 0 Å². The van der Waals surface area contributed by atoms with Crippen LogP contribution in [0.2, 0.25) is 0 Å². The third-order valence-electron chi connectivity index (χ3n) is 7.50. The van der Waals surface area contributed by atoms with Gasteiger partial charge in [-0.2, -0.15) is 0 Å². The predicted molar refractivity (Wildman–Crippen MR) is 160 cm³/mol. The number of fused-ring (bicyclic) bond motifs is 2. The molecule has 0 aliphatic rings. The molecule has 6 aromatic rings. The molecule has 16 heteroatoms. The molecule has 0 bridgehead atoms. The molecule has 0 atom stereocenters. The molecular weight excluding hydrogens is 572 g/mol. The standard InChI is InChI=1S/2C14H17N5O3/c1-4-10-7-9(16-22-10)5-6-19-13(20)11-12(15-8-17(11)2)18(3)14(19)21;1-4-9-7-10(22-16-9)5-6-19-13(20)11-12(15-8-17(11)2)18(3)14(19)21/h2*7-8H,4-6H2,1-3H3. The molecule has 0 N–H and O–H groups in total. The quantitative estimate of drug-likeness (QED) is 0.236. The van der Waals surface area contributed by atoms with Gasteiger partial charge in [0.05, 0.1) is 24.0 Å². The maximum atomic E-state index is 12.5. The number of rotatable bonds is 8. The minimum absolute atomic E-state index is 0.241. The fraction of sp³-hybridized carbons (Fsp3) is 0.429. The van der Waals surface area contributed by atoms with E-state index in [0.717, 1.165) is 30.0 Å². The van der Waals surface area contributed by atoms with Gasteiger partial charge < -0.3 is 18.2 Å². The molecule has 0 saturated carbocycles. The second-order valence-electron chi connectivity index (χ2n) is 10.4. The number of nitrogens with zero attached hydrogens (tertiary/aromatic N) is 10. The molecule has 232 valence electrons. The van der Waals surface area contributed by atoms with E-state index in [9.17, 15) is 19.2 Å². The van der Waals surface area contributed by atoms with E-state index in [2.05, 4.69) is 20.3 Å². The molecular formula is C28H34N10O6. The van der Waals surface area contributed by atoms with Crippen LogP contribution in [0.25, 0.3) is 22.3 Å². The predicted octanol–water partition coefficient (Wildman–Crippen LogP) is 0.454. The first-order chi connectivity index (χ1) is 21.0. The van der Waals surface area contributed by atoms with Crippen LogP contribution in [0.1, 0.15) is 36.8 Å². The summed E-state index contributed by atoms with van der Waals surface area (Å²) in [5.74, 6) is 1.45. The molecule has 6 heterocycles. The molecule has 16 nitrogen and oxygen atoms in total. The van der Waals surface area contributed by atoms with Crippen molar-refractivity contribution in [1.82, 2.24) is 47.7 Å². The number of aromatic nitrogens is 10. The van der Waals surface area contributed by atoms with E-state index in [1.54, 1.807) is 37.3 Å². The van der Waals surface area contributed by atoms with Gasteiger partial charge in [-0.25, -0.2) is 19.6 Å². The molecule has 0 unspecified atom stereocenters. The molecule has 0 saturated heterocycles.